The molecule has 0 aliphatic rings. The molecule has 1 aromatic rings. The van der Waals surface area contributed by atoms with Crippen LogP contribution in [0, 0.1) is 5.41 Å². The van der Waals surface area contributed by atoms with Gasteiger partial charge in [-0.25, -0.2) is 0 Å². The van der Waals surface area contributed by atoms with Crippen LogP contribution in [0.5, 0.6) is 11.5 Å². The first-order valence-corrected chi connectivity index (χ1v) is 6.34. The number of methoxy groups -OCH3 is 2. The molecule has 0 aliphatic carbocycles. The average molecular weight is 282 g/mol. The number of ether oxygens (including phenoxy) is 2. The molecule has 0 saturated carbocycles. The maximum Gasteiger partial charge on any atom is 0.207 e. The molecule has 112 valence electrons. The van der Waals surface area contributed by atoms with E-state index in [0.29, 0.717) is 24.5 Å². The molecule has 5 nitrogen and oxygen atoms in total. The number of carbonyl (C=O) groups excluding carboxylic acids is 1. The van der Waals surface area contributed by atoms with Crippen molar-refractivity contribution in [3.05, 3.63) is 23.8 Å². The van der Waals surface area contributed by atoms with Crippen molar-refractivity contribution in [3.63, 3.8) is 0 Å². The number of hydrogen-bond donors (Lipinski definition) is 0. The topological polar surface area (TPSA) is 54.0 Å². The number of hydrogen-bond acceptors (Lipinski definition) is 5. The first-order chi connectivity index (χ1) is 9.44. The highest BCUT2D eigenvalue weighted by Crippen LogP contribution is 2.29. The van der Waals surface area contributed by atoms with Crippen molar-refractivity contribution in [3.8, 4) is 11.5 Å². The van der Waals surface area contributed by atoms with Gasteiger partial charge in [0.2, 0.25) is 5.75 Å². The van der Waals surface area contributed by atoms with Gasteiger partial charge in [-0.15, -0.1) is 0 Å². The van der Waals surface area contributed by atoms with E-state index in [1.165, 1.54) is 7.11 Å². The van der Waals surface area contributed by atoms with E-state index in [9.17, 15) is 4.79 Å². The van der Waals surface area contributed by atoms with Crippen LogP contribution in [-0.4, -0.2) is 33.7 Å². The van der Waals surface area contributed by atoms with Crippen molar-refractivity contribution >= 4 is 5.78 Å². The van der Waals surface area contributed by atoms with Gasteiger partial charge < -0.3 is 14.4 Å². The van der Waals surface area contributed by atoms with E-state index >= 15 is 0 Å². The number of rotatable bonds is 8. The van der Waals surface area contributed by atoms with Gasteiger partial charge >= 0.3 is 0 Å². The summed E-state index contributed by atoms with van der Waals surface area (Å²) in [7, 11) is 4.55. The second-order valence-corrected chi connectivity index (χ2v) is 5.15. The fraction of sp³-hybridized carbons (Fsp3) is 0.533. The molecule has 0 aromatic heterocycles. The molecule has 0 amide bonds. The number of Topliss-reactive ketones (excluding diaryl/α,β-unsaturated/α-hetero) is 1. The summed E-state index contributed by atoms with van der Waals surface area (Å²) in [5, 5.41) is 0. The number of carbonyl (C=O) groups is 1. The lowest BCUT2D eigenvalue weighted by atomic mass is 9.85. The third-order valence-electron chi connectivity index (χ3n) is 3.03. The summed E-state index contributed by atoms with van der Waals surface area (Å²) >= 11 is 0. The molecular weight excluding hydrogens is 260 g/mol. The normalized spacial score (nSPS) is 11.2. The van der Waals surface area contributed by atoms with E-state index < -0.39 is 5.41 Å². The van der Waals surface area contributed by atoms with Gasteiger partial charge in [-0.1, -0.05) is 19.9 Å². The standard InChI is InChI=1S/C15H22O5/c1-15(2,10-17-3)14(16)9-11-6-7-12(18-4)13(8-11)20-19-5/h6-8H,9-10H2,1-5H3. The zero-order chi connectivity index (χ0) is 15.2. The van der Waals surface area contributed by atoms with Gasteiger partial charge in [-0.2, -0.15) is 4.89 Å². The number of ketones is 1. The molecule has 0 N–H and O–H groups in total. The minimum atomic E-state index is -0.517. The van der Waals surface area contributed by atoms with Gasteiger partial charge in [0.15, 0.2) is 5.75 Å². The van der Waals surface area contributed by atoms with Crippen LogP contribution in [0.4, 0.5) is 0 Å². The maximum absolute atomic E-state index is 12.3. The Hall–Kier alpha value is -1.59. The molecule has 20 heavy (non-hydrogen) atoms. The van der Waals surface area contributed by atoms with Crippen LogP contribution in [0.25, 0.3) is 0 Å². The fourth-order valence-electron chi connectivity index (χ4n) is 1.85. The molecule has 0 atom stereocenters. The monoisotopic (exact) mass is 282 g/mol. The van der Waals surface area contributed by atoms with Crippen molar-refractivity contribution < 1.29 is 24.0 Å². The lowest BCUT2D eigenvalue weighted by molar-refractivity contribution is -0.179. The smallest absolute Gasteiger partial charge is 0.207 e. The Bertz CT molecular complexity index is 454. The lowest BCUT2D eigenvalue weighted by Crippen LogP contribution is -2.30. The molecule has 0 bridgehead atoms. The Kier molecular flexibility index (Phi) is 5.98. The van der Waals surface area contributed by atoms with Crippen molar-refractivity contribution in [1.29, 1.82) is 0 Å². The highest BCUT2D eigenvalue weighted by Gasteiger charge is 2.27. The summed E-state index contributed by atoms with van der Waals surface area (Å²) in [4.78, 5) is 21.9. The van der Waals surface area contributed by atoms with Crippen molar-refractivity contribution in [2.24, 2.45) is 5.41 Å². The molecule has 0 spiro atoms. The second kappa shape index (κ2) is 7.26. The van der Waals surface area contributed by atoms with Crippen LogP contribution in [0.3, 0.4) is 0 Å². The van der Waals surface area contributed by atoms with Crippen LogP contribution in [0.2, 0.25) is 0 Å². The average Bonchev–Trinajstić information content (AvgIpc) is 2.39. The molecule has 0 aliphatic heterocycles. The second-order valence-electron chi connectivity index (χ2n) is 5.15. The highest BCUT2D eigenvalue weighted by atomic mass is 17.2. The molecule has 0 heterocycles. The van der Waals surface area contributed by atoms with Crippen LogP contribution < -0.4 is 9.62 Å². The van der Waals surface area contributed by atoms with Gasteiger partial charge in [0.1, 0.15) is 5.78 Å². The summed E-state index contributed by atoms with van der Waals surface area (Å²) in [5.41, 5.74) is 0.323. The summed E-state index contributed by atoms with van der Waals surface area (Å²) in [6, 6.07) is 5.32. The maximum atomic E-state index is 12.3. The lowest BCUT2D eigenvalue weighted by Gasteiger charge is -2.22. The zero-order valence-electron chi connectivity index (χ0n) is 12.7. The first kappa shape index (κ1) is 16.5. The largest absolute Gasteiger partial charge is 0.493 e. The Morgan fingerprint density at radius 2 is 1.85 bits per heavy atom. The van der Waals surface area contributed by atoms with Crippen molar-refractivity contribution in [2.45, 2.75) is 20.3 Å². The first-order valence-electron chi connectivity index (χ1n) is 6.34. The third kappa shape index (κ3) is 4.21. The Morgan fingerprint density at radius 3 is 2.40 bits per heavy atom. The van der Waals surface area contributed by atoms with Crippen LogP contribution >= 0.6 is 0 Å². The Balaban J connectivity index is 2.87. The van der Waals surface area contributed by atoms with Gasteiger partial charge in [0, 0.05) is 18.9 Å². The van der Waals surface area contributed by atoms with Crippen molar-refractivity contribution in [2.75, 3.05) is 27.9 Å². The molecule has 0 saturated heterocycles. The van der Waals surface area contributed by atoms with Crippen molar-refractivity contribution in [1.82, 2.24) is 0 Å². The predicted molar refractivity (Wildman–Crippen MR) is 75.0 cm³/mol. The van der Waals surface area contributed by atoms with E-state index in [2.05, 4.69) is 4.89 Å². The molecular formula is C15H22O5. The van der Waals surface area contributed by atoms with Gasteiger partial charge in [0.25, 0.3) is 0 Å². The Morgan fingerprint density at radius 1 is 1.15 bits per heavy atom. The van der Waals surface area contributed by atoms with Crippen LogP contribution in [0.1, 0.15) is 19.4 Å². The fourth-order valence-corrected chi connectivity index (χ4v) is 1.85. The molecule has 0 fully saturated rings. The van der Waals surface area contributed by atoms with E-state index in [-0.39, 0.29) is 5.78 Å². The zero-order valence-corrected chi connectivity index (χ0v) is 12.7. The van der Waals surface area contributed by atoms with Crippen LogP contribution in [0.15, 0.2) is 18.2 Å². The van der Waals surface area contributed by atoms with E-state index in [1.54, 1.807) is 26.4 Å². The van der Waals surface area contributed by atoms with Crippen LogP contribution in [-0.2, 0) is 20.8 Å². The third-order valence-corrected chi connectivity index (χ3v) is 3.03. The van der Waals surface area contributed by atoms with E-state index in [0.717, 1.165) is 5.56 Å². The molecule has 1 aromatic carbocycles. The minimum Gasteiger partial charge on any atom is -0.493 e. The summed E-state index contributed by atoms with van der Waals surface area (Å²) in [6.45, 7) is 4.13. The van der Waals surface area contributed by atoms with Gasteiger partial charge in [-0.3, -0.25) is 4.79 Å². The minimum absolute atomic E-state index is 0.105. The Labute approximate surface area is 119 Å². The molecule has 0 unspecified atom stereocenters. The summed E-state index contributed by atoms with van der Waals surface area (Å²) < 4.78 is 10.2. The molecule has 5 heteroatoms. The van der Waals surface area contributed by atoms with E-state index in [4.69, 9.17) is 14.4 Å². The number of benzene rings is 1. The van der Waals surface area contributed by atoms with Gasteiger partial charge in [0.05, 0.1) is 20.8 Å². The SMILES string of the molecule is COCC(C)(C)C(=O)Cc1ccc(OC)c(OOC)c1. The predicted octanol–water partition coefficient (Wildman–Crippen LogP) is 2.42. The quantitative estimate of drug-likeness (QED) is 0.541. The van der Waals surface area contributed by atoms with Gasteiger partial charge in [-0.05, 0) is 17.7 Å². The molecule has 0 radical (unpaired) electrons. The summed E-state index contributed by atoms with van der Waals surface area (Å²) in [6.07, 6.45) is 0.306. The molecule has 1 rings (SSSR count). The highest BCUT2D eigenvalue weighted by molar-refractivity contribution is 5.86. The van der Waals surface area contributed by atoms with E-state index in [1.807, 2.05) is 19.9 Å². The summed E-state index contributed by atoms with van der Waals surface area (Å²) in [5.74, 6) is 1.11.